The third-order valence-corrected chi connectivity index (χ3v) is 7.25. The van der Waals surface area contributed by atoms with Gasteiger partial charge in [-0.2, -0.15) is 0 Å². The Kier molecular flexibility index (Phi) is 8.28. The zero-order valence-electron chi connectivity index (χ0n) is 23.2. The van der Waals surface area contributed by atoms with Crippen molar-refractivity contribution in [2.75, 3.05) is 25.7 Å². The molecule has 0 radical (unpaired) electrons. The molecule has 0 bridgehead atoms. The Morgan fingerprint density at radius 3 is 2.38 bits per heavy atom. The molecule has 1 amide bonds. The van der Waals surface area contributed by atoms with Gasteiger partial charge in [0.1, 0.15) is 30.4 Å². The van der Waals surface area contributed by atoms with Gasteiger partial charge in [0.2, 0.25) is 0 Å². The van der Waals surface area contributed by atoms with Crippen LogP contribution in [0.25, 0.3) is 27.5 Å². The summed E-state index contributed by atoms with van der Waals surface area (Å²) in [5.74, 6) is -0.325. The van der Waals surface area contributed by atoms with Crippen molar-refractivity contribution >= 4 is 33.6 Å². The molecule has 42 heavy (non-hydrogen) atoms. The number of amides is 1. The molecule has 5 atom stereocenters. The summed E-state index contributed by atoms with van der Waals surface area (Å²) in [6, 6.07) is 14.3. The van der Waals surface area contributed by atoms with Crippen molar-refractivity contribution in [1.29, 1.82) is 0 Å². The number of carbonyl (C=O) groups is 1. The SMILES string of the molecule is CCO[C@@H]1[C@@H](OC)[C@H](C)O[C@H](N(C(=O)O)c2ccc3c(ccc4c3ncn4-c3ccc(OC(F)(F)F)cc3)c2)[C@@H]1OC. The number of fused-ring (bicyclic) bond motifs is 3. The zero-order valence-corrected chi connectivity index (χ0v) is 23.2. The highest BCUT2D eigenvalue weighted by molar-refractivity contribution is 6.06. The predicted molar refractivity (Wildman–Crippen MR) is 147 cm³/mol. The summed E-state index contributed by atoms with van der Waals surface area (Å²) in [6.45, 7) is 4.01. The number of hydrogen-bond donors (Lipinski definition) is 1. The smallest absolute Gasteiger partial charge is 0.465 e. The molecule has 2 heterocycles. The highest BCUT2D eigenvalue weighted by atomic mass is 19.4. The van der Waals surface area contributed by atoms with Gasteiger partial charge in [0, 0.05) is 31.9 Å². The number of alkyl halides is 3. The second kappa shape index (κ2) is 11.8. The van der Waals surface area contributed by atoms with E-state index in [4.69, 9.17) is 18.9 Å². The molecule has 0 spiro atoms. The van der Waals surface area contributed by atoms with Gasteiger partial charge in [-0.1, -0.05) is 12.1 Å². The van der Waals surface area contributed by atoms with Crippen LogP contribution in [0, 0.1) is 0 Å². The molecule has 3 aromatic carbocycles. The summed E-state index contributed by atoms with van der Waals surface area (Å²) in [6.07, 6.45) is -7.75. The maximum Gasteiger partial charge on any atom is 0.573 e. The van der Waals surface area contributed by atoms with Crippen LogP contribution in [-0.2, 0) is 18.9 Å². The lowest BCUT2D eigenvalue weighted by atomic mass is 9.97. The molecule has 1 aliphatic rings. The van der Waals surface area contributed by atoms with Gasteiger partial charge < -0.3 is 28.8 Å². The number of methoxy groups -OCH3 is 2. The molecular weight excluding hydrogens is 559 g/mol. The van der Waals surface area contributed by atoms with Crippen LogP contribution in [0.4, 0.5) is 23.7 Å². The largest absolute Gasteiger partial charge is 0.573 e. The summed E-state index contributed by atoms with van der Waals surface area (Å²) < 4.78 is 66.7. The van der Waals surface area contributed by atoms with E-state index in [1.54, 1.807) is 43.1 Å². The molecule has 1 aromatic heterocycles. The van der Waals surface area contributed by atoms with Crippen LogP contribution < -0.4 is 9.64 Å². The number of aromatic nitrogens is 2. The average Bonchev–Trinajstić information content (AvgIpc) is 3.37. The number of ether oxygens (including phenoxy) is 5. The molecule has 0 unspecified atom stereocenters. The topological polar surface area (TPSA) is 105 Å². The van der Waals surface area contributed by atoms with Gasteiger partial charge in [0.05, 0.1) is 22.8 Å². The molecule has 224 valence electrons. The van der Waals surface area contributed by atoms with E-state index in [0.717, 1.165) is 15.7 Å². The number of carboxylic acid groups (broad SMARTS) is 1. The lowest BCUT2D eigenvalue weighted by Gasteiger charge is -2.47. The van der Waals surface area contributed by atoms with Crippen LogP contribution in [0.2, 0.25) is 0 Å². The van der Waals surface area contributed by atoms with Crippen molar-refractivity contribution in [3.8, 4) is 11.4 Å². The summed E-state index contributed by atoms with van der Waals surface area (Å²) in [4.78, 5) is 18.3. The number of halogens is 3. The number of imidazole rings is 1. The first-order chi connectivity index (χ1) is 20.1. The van der Waals surface area contributed by atoms with E-state index >= 15 is 0 Å². The summed E-state index contributed by atoms with van der Waals surface area (Å²) >= 11 is 0. The third-order valence-electron chi connectivity index (χ3n) is 7.25. The Morgan fingerprint density at radius 1 is 1.05 bits per heavy atom. The van der Waals surface area contributed by atoms with Crippen LogP contribution in [0.15, 0.2) is 60.9 Å². The molecule has 13 heteroatoms. The maximum absolute atomic E-state index is 12.6. The number of hydrogen-bond acceptors (Lipinski definition) is 7. The first kappa shape index (κ1) is 29.6. The Morgan fingerprint density at radius 2 is 1.76 bits per heavy atom. The van der Waals surface area contributed by atoms with Gasteiger partial charge in [0.25, 0.3) is 0 Å². The summed E-state index contributed by atoms with van der Waals surface area (Å²) in [7, 11) is 3.02. The van der Waals surface area contributed by atoms with E-state index in [1.807, 2.05) is 19.1 Å². The number of benzene rings is 3. The lowest BCUT2D eigenvalue weighted by molar-refractivity contribution is -0.274. The second-order valence-corrected chi connectivity index (χ2v) is 9.70. The Bertz CT molecular complexity index is 1560. The minimum atomic E-state index is -4.78. The number of nitrogens with zero attached hydrogens (tertiary/aromatic N) is 3. The van der Waals surface area contributed by atoms with E-state index in [2.05, 4.69) is 9.72 Å². The van der Waals surface area contributed by atoms with E-state index < -0.39 is 43.1 Å². The van der Waals surface area contributed by atoms with Crippen LogP contribution in [0.5, 0.6) is 5.75 Å². The molecule has 0 aliphatic carbocycles. The van der Waals surface area contributed by atoms with Crippen LogP contribution in [-0.4, -0.2) is 78.6 Å². The first-order valence-electron chi connectivity index (χ1n) is 13.2. The fourth-order valence-electron chi connectivity index (χ4n) is 5.48. The minimum Gasteiger partial charge on any atom is -0.465 e. The van der Waals surface area contributed by atoms with E-state index in [1.165, 1.54) is 31.4 Å². The van der Waals surface area contributed by atoms with Gasteiger partial charge in [-0.3, -0.25) is 4.57 Å². The number of anilines is 1. The van der Waals surface area contributed by atoms with Crippen molar-refractivity contribution in [3.63, 3.8) is 0 Å². The van der Waals surface area contributed by atoms with Crippen LogP contribution in [0.1, 0.15) is 13.8 Å². The van der Waals surface area contributed by atoms with Crippen molar-refractivity contribution in [3.05, 3.63) is 60.9 Å². The highest BCUT2D eigenvalue weighted by Gasteiger charge is 2.49. The van der Waals surface area contributed by atoms with Crippen molar-refractivity contribution in [1.82, 2.24) is 9.55 Å². The summed E-state index contributed by atoms with van der Waals surface area (Å²) in [5.41, 5.74) is 2.30. The van der Waals surface area contributed by atoms with Gasteiger partial charge in [-0.25, -0.2) is 14.7 Å². The van der Waals surface area contributed by atoms with E-state index in [-0.39, 0.29) is 5.75 Å². The molecule has 1 saturated heterocycles. The van der Waals surface area contributed by atoms with Crippen molar-refractivity contribution in [2.45, 2.75) is 50.9 Å². The molecule has 4 aromatic rings. The van der Waals surface area contributed by atoms with Crippen molar-refractivity contribution in [2.24, 2.45) is 0 Å². The third kappa shape index (κ3) is 5.60. The molecule has 10 nitrogen and oxygen atoms in total. The quantitative estimate of drug-likeness (QED) is 0.278. The monoisotopic (exact) mass is 589 g/mol. The Hall–Kier alpha value is -3.91. The standard InChI is InChI=1S/C29H30F3N3O7/c1-5-40-25-24(38-3)16(2)41-27(26(25)39-4)35(28(36)37)19-9-12-21-17(14-19)6-13-22-23(21)33-15-34(22)18-7-10-20(11-8-18)42-29(30,31)32/h6-16,24-27H,5H2,1-4H3,(H,36,37)/t16-,24-,25+,26+,27-/m0/s1. The van der Waals surface area contributed by atoms with Crippen molar-refractivity contribution < 1.29 is 46.8 Å². The second-order valence-electron chi connectivity index (χ2n) is 9.70. The predicted octanol–water partition coefficient (Wildman–Crippen LogP) is 5.74. The summed E-state index contributed by atoms with van der Waals surface area (Å²) in [5, 5.41) is 11.8. The minimum absolute atomic E-state index is 0.325. The average molecular weight is 590 g/mol. The fraction of sp³-hybridized carbons (Fsp3) is 0.379. The normalized spacial score (nSPS) is 22.9. The van der Waals surface area contributed by atoms with Gasteiger partial charge in [0.15, 0.2) is 6.23 Å². The molecule has 5 rings (SSSR count). The first-order valence-corrected chi connectivity index (χ1v) is 13.2. The Balaban J connectivity index is 1.50. The maximum atomic E-state index is 12.6. The molecule has 1 aliphatic heterocycles. The number of rotatable bonds is 8. The highest BCUT2D eigenvalue weighted by Crippen LogP contribution is 2.35. The van der Waals surface area contributed by atoms with E-state index in [9.17, 15) is 23.1 Å². The lowest BCUT2D eigenvalue weighted by Crippen LogP contribution is -2.64. The molecule has 1 fully saturated rings. The van der Waals surface area contributed by atoms with Crippen LogP contribution >= 0.6 is 0 Å². The van der Waals surface area contributed by atoms with Gasteiger partial charge in [-0.15, -0.1) is 13.2 Å². The molecule has 0 saturated carbocycles. The molecule has 1 N–H and O–H groups in total. The fourth-order valence-corrected chi connectivity index (χ4v) is 5.48. The molecular formula is C29H30F3N3O7. The Labute approximate surface area is 239 Å². The van der Waals surface area contributed by atoms with E-state index in [0.29, 0.717) is 29.0 Å². The van der Waals surface area contributed by atoms with Gasteiger partial charge >= 0.3 is 12.5 Å². The zero-order chi connectivity index (χ0) is 30.2. The van der Waals surface area contributed by atoms with Crippen LogP contribution in [0.3, 0.4) is 0 Å². The van der Waals surface area contributed by atoms with Gasteiger partial charge in [-0.05, 0) is 61.7 Å².